The van der Waals surface area contributed by atoms with Crippen molar-refractivity contribution >= 4 is 0 Å². The third-order valence-corrected chi connectivity index (χ3v) is 1.86. The van der Waals surface area contributed by atoms with Gasteiger partial charge in [0.2, 0.25) is 0 Å². The van der Waals surface area contributed by atoms with Crippen LogP contribution in [0.5, 0.6) is 11.5 Å². The molecule has 1 aromatic rings. The lowest BCUT2D eigenvalue weighted by Gasteiger charge is -2.10. The van der Waals surface area contributed by atoms with Gasteiger partial charge in [0.15, 0.2) is 11.5 Å². The Morgan fingerprint density at radius 3 is 2.25 bits per heavy atom. The summed E-state index contributed by atoms with van der Waals surface area (Å²) in [7, 11) is 3.29. The minimum Gasteiger partial charge on any atom is -0.493 e. The summed E-state index contributed by atoms with van der Waals surface area (Å²) in [6.45, 7) is 7.13. The average molecular weight is 226 g/mol. The second-order valence-electron chi connectivity index (χ2n) is 3.00. The second kappa shape index (κ2) is 9.04. The molecule has 1 rings (SSSR count). The number of ether oxygens (including phenoxy) is 3. The second-order valence-corrected chi connectivity index (χ2v) is 3.00. The van der Waals surface area contributed by atoms with Gasteiger partial charge < -0.3 is 14.2 Å². The minimum absolute atomic E-state index is 0.538. The fourth-order valence-electron chi connectivity index (χ4n) is 1.13. The third kappa shape index (κ3) is 5.03. The SMILES string of the molecule is CC.COCCOc1ccc(C)cc1OC. The molecule has 92 valence electrons. The van der Waals surface area contributed by atoms with E-state index >= 15 is 0 Å². The average Bonchev–Trinajstić information content (AvgIpc) is 2.33. The Kier molecular flexibility index (Phi) is 8.35. The van der Waals surface area contributed by atoms with Crippen molar-refractivity contribution < 1.29 is 14.2 Å². The summed E-state index contributed by atoms with van der Waals surface area (Å²) in [5.41, 5.74) is 1.15. The van der Waals surface area contributed by atoms with Crippen molar-refractivity contribution in [3.8, 4) is 11.5 Å². The summed E-state index contributed by atoms with van der Waals surface area (Å²) in [5, 5.41) is 0. The van der Waals surface area contributed by atoms with Gasteiger partial charge >= 0.3 is 0 Å². The highest BCUT2D eigenvalue weighted by atomic mass is 16.5. The van der Waals surface area contributed by atoms with Crippen molar-refractivity contribution in [3.63, 3.8) is 0 Å². The van der Waals surface area contributed by atoms with Crippen molar-refractivity contribution in [1.82, 2.24) is 0 Å². The number of hydrogen-bond acceptors (Lipinski definition) is 3. The molecular formula is C13H22O3. The fourth-order valence-corrected chi connectivity index (χ4v) is 1.13. The zero-order chi connectivity index (χ0) is 12.4. The van der Waals surface area contributed by atoms with Crippen LogP contribution in [0.25, 0.3) is 0 Å². The largest absolute Gasteiger partial charge is 0.493 e. The lowest BCUT2D eigenvalue weighted by atomic mass is 10.2. The van der Waals surface area contributed by atoms with E-state index in [-0.39, 0.29) is 0 Å². The molecule has 0 aliphatic rings. The lowest BCUT2D eigenvalue weighted by molar-refractivity contribution is 0.144. The zero-order valence-electron chi connectivity index (χ0n) is 10.9. The molecule has 0 aromatic heterocycles. The van der Waals surface area contributed by atoms with Gasteiger partial charge in [-0.05, 0) is 24.6 Å². The molecule has 0 atom stereocenters. The Morgan fingerprint density at radius 1 is 1.00 bits per heavy atom. The van der Waals surface area contributed by atoms with Gasteiger partial charge in [-0.2, -0.15) is 0 Å². The summed E-state index contributed by atoms with van der Waals surface area (Å²) in [4.78, 5) is 0. The summed E-state index contributed by atoms with van der Waals surface area (Å²) >= 11 is 0. The van der Waals surface area contributed by atoms with Crippen LogP contribution in [0.15, 0.2) is 18.2 Å². The van der Waals surface area contributed by atoms with Gasteiger partial charge in [-0.1, -0.05) is 19.9 Å². The van der Waals surface area contributed by atoms with Crippen LogP contribution in [0, 0.1) is 6.92 Å². The van der Waals surface area contributed by atoms with Gasteiger partial charge in [0.1, 0.15) is 6.61 Å². The first-order chi connectivity index (χ1) is 7.77. The Bertz CT molecular complexity index is 285. The van der Waals surface area contributed by atoms with Crippen LogP contribution in [0.2, 0.25) is 0 Å². The molecule has 0 saturated heterocycles. The molecular weight excluding hydrogens is 204 g/mol. The predicted octanol–water partition coefficient (Wildman–Crippen LogP) is 3.06. The maximum atomic E-state index is 5.47. The van der Waals surface area contributed by atoms with Gasteiger partial charge in [0, 0.05) is 7.11 Å². The molecule has 0 bridgehead atoms. The van der Waals surface area contributed by atoms with E-state index in [1.54, 1.807) is 14.2 Å². The van der Waals surface area contributed by atoms with Crippen LogP contribution in [-0.4, -0.2) is 27.4 Å². The van der Waals surface area contributed by atoms with Gasteiger partial charge in [0.05, 0.1) is 13.7 Å². The van der Waals surface area contributed by atoms with Crippen molar-refractivity contribution in [1.29, 1.82) is 0 Å². The molecule has 0 aliphatic heterocycles. The van der Waals surface area contributed by atoms with E-state index in [1.165, 1.54) is 0 Å². The molecule has 0 fully saturated rings. The van der Waals surface area contributed by atoms with Gasteiger partial charge in [-0.3, -0.25) is 0 Å². The number of rotatable bonds is 5. The highest BCUT2D eigenvalue weighted by Gasteiger charge is 2.03. The third-order valence-electron chi connectivity index (χ3n) is 1.86. The van der Waals surface area contributed by atoms with Crippen molar-refractivity contribution in [2.24, 2.45) is 0 Å². The van der Waals surface area contributed by atoms with Crippen LogP contribution in [0.4, 0.5) is 0 Å². The fraction of sp³-hybridized carbons (Fsp3) is 0.538. The molecule has 0 saturated carbocycles. The van der Waals surface area contributed by atoms with E-state index in [4.69, 9.17) is 14.2 Å². The normalized spacial score (nSPS) is 9.06. The first-order valence-corrected chi connectivity index (χ1v) is 5.54. The molecule has 0 unspecified atom stereocenters. The quantitative estimate of drug-likeness (QED) is 0.722. The smallest absolute Gasteiger partial charge is 0.161 e. The lowest BCUT2D eigenvalue weighted by Crippen LogP contribution is -2.05. The molecule has 16 heavy (non-hydrogen) atoms. The number of aryl methyl sites for hydroxylation is 1. The van der Waals surface area contributed by atoms with Crippen LogP contribution in [-0.2, 0) is 4.74 Å². The van der Waals surface area contributed by atoms with E-state index in [0.29, 0.717) is 13.2 Å². The maximum Gasteiger partial charge on any atom is 0.161 e. The number of hydrogen-bond donors (Lipinski definition) is 0. The van der Waals surface area contributed by atoms with Crippen molar-refractivity contribution in [3.05, 3.63) is 23.8 Å². The Balaban J connectivity index is 0.00000106. The molecule has 0 radical (unpaired) electrons. The van der Waals surface area contributed by atoms with Crippen molar-refractivity contribution in [2.75, 3.05) is 27.4 Å². The van der Waals surface area contributed by atoms with Gasteiger partial charge in [-0.15, -0.1) is 0 Å². The highest BCUT2D eigenvalue weighted by molar-refractivity contribution is 5.42. The van der Waals surface area contributed by atoms with E-state index in [0.717, 1.165) is 17.1 Å². The molecule has 0 amide bonds. The standard InChI is InChI=1S/C11H16O3.C2H6/c1-9-4-5-10(11(8-9)13-3)14-7-6-12-2;1-2/h4-5,8H,6-7H2,1-3H3;1-2H3. The Morgan fingerprint density at radius 2 is 1.69 bits per heavy atom. The van der Waals surface area contributed by atoms with Gasteiger partial charge in [-0.25, -0.2) is 0 Å². The summed E-state index contributed by atoms with van der Waals surface area (Å²) in [6, 6.07) is 5.84. The van der Waals surface area contributed by atoms with E-state index in [9.17, 15) is 0 Å². The first-order valence-electron chi connectivity index (χ1n) is 5.54. The Labute approximate surface area is 98.3 Å². The molecule has 3 heteroatoms. The highest BCUT2D eigenvalue weighted by Crippen LogP contribution is 2.27. The number of methoxy groups -OCH3 is 2. The predicted molar refractivity (Wildman–Crippen MR) is 66.5 cm³/mol. The van der Waals surface area contributed by atoms with Crippen LogP contribution >= 0.6 is 0 Å². The maximum absolute atomic E-state index is 5.47. The van der Waals surface area contributed by atoms with Crippen LogP contribution < -0.4 is 9.47 Å². The van der Waals surface area contributed by atoms with Crippen molar-refractivity contribution in [2.45, 2.75) is 20.8 Å². The summed E-state index contributed by atoms with van der Waals surface area (Å²) in [5.74, 6) is 1.52. The molecule has 0 aliphatic carbocycles. The first kappa shape index (κ1) is 14.8. The number of benzene rings is 1. The minimum atomic E-state index is 0.538. The summed E-state index contributed by atoms with van der Waals surface area (Å²) < 4.78 is 15.6. The van der Waals surface area contributed by atoms with E-state index in [1.807, 2.05) is 39.0 Å². The van der Waals surface area contributed by atoms with E-state index < -0.39 is 0 Å². The van der Waals surface area contributed by atoms with Crippen LogP contribution in [0.3, 0.4) is 0 Å². The van der Waals surface area contributed by atoms with Gasteiger partial charge in [0.25, 0.3) is 0 Å². The molecule has 0 spiro atoms. The van der Waals surface area contributed by atoms with E-state index in [2.05, 4.69) is 0 Å². The molecule has 3 nitrogen and oxygen atoms in total. The Hall–Kier alpha value is -1.22. The molecule has 1 aromatic carbocycles. The summed E-state index contributed by atoms with van der Waals surface area (Å²) in [6.07, 6.45) is 0. The zero-order valence-corrected chi connectivity index (χ0v) is 10.9. The monoisotopic (exact) mass is 226 g/mol. The molecule has 0 heterocycles. The van der Waals surface area contributed by atoms with Crippen LogP contribution in [0.1, 0.15) is 19.4 Å². The molecule has 0 N–H and O–H groups in total. The topological polar surface area (TPSA) is 27.7 Å².